The summed E-state index contributed by atoms with van der Waals surface area (Å²) in [6.45, 7) is 5.27. The molecule has 0 radical (unpaired) electrons. The highest BCUT2D eigenvalue weighted by Gasteiger charge is 2.23. The second-order valence-corrected chi connectivity index (χ2v) is 5.31. The smallest absolute Gasteiger partial charge is 0.185 e. The van der Waals surface area contributed by atoms with Gasteiger partial charge in [0, 0.05) is 31.2 Å². The molecule has 0 amide bonds. The molecule has 1 aromatic rings. The molecule has 3 nitrogen and oxygen atoms in total. The number of nitrogens with one attached hydrogen (secondary N) is 1. The number of rotatable bonds is 6. The van der Waals surface area contributed by atoms with E-state index in [9.17, 15) is 0 Å². The van der Waals surface area contributed by atoms with Crippen LogP contribution in [0.1, 0.15) is 24.6 Å². The zero-order valence-electron chi connectivity index (χ0n) is 9.49. The summed E-state index contributed by atoms with van der Waals surface area (Å²) in [5, 5.41) is 4.48. The van der Waals surface area contributed by atoms with E-state index in [0.29, 0.717) is 0 Å². The number of anilines is 1. The molecule has 0 unspecified atom stereocenters. The van der Waals surface area contributed by atoms with Crippen LogP contribution < -0.4 is 10.2 Å². The van der Waals surface area contributed by atoms with Gasteiger partial charge < -0.3 is 10.2 Å². The Balaban J connectivity index is 1.86. The molecule has 0 spiro atoms. The molecule has 4 heteroatoms. The first-order chi connectivity index (χ1) is 7.29. The van der Waals surface area contributed by atoms with Gasteiger partial charge in [-0.3, -0.25) is 0 Å². The van der Waals surface area contributed by atoms with Gasteiger partial charge in [-0.25, -0.2) is 4.98 Å². The van der Waals surface area contributed by atoms with Crippen LogP contribution in [0.5, 0.6) is 0 Å². The predicted octanol–water partition coefficient (Wildman–Crippen LogP) is 2.10. The van der Waals surface area contributed by atoms with E-state index in [-0.39, 0.29) is 0 Å². The highest BCUT2D eigenvalue weighted by atomic mass is 32.1. The first kappa shape index (κ1) is 10.9. The SMILES string of the molecule is CCNCc1cnc(N(C)CC2CC2)s1. The van der Waals surface area contributed by atoms with Crippen LogP contribution in [-0.2, 0) is 6.54 Å². The maximum atomic E-state index is 4.45. The van der Waals surface area contributed by atoms with Crippen LogP contribution in [0.3, 0.4) is 0 Å². The summed E-state index contributed by atoms with van der Waals surface area (Å²) in [5.41, 5.74) is 0. The molecule has 1 aromatic heterocycles. The van der Waals surface area contributed by atoms with Crippen molar-refractivity contribution in [1.29, 1.82) is 0 Å². The summed E-state index contributed by atoms with van der Waals surface area (Å²) in [4.78, 5) is 8.07. The molecule has 1 heterocycles. The summed E-state index contributed by atoms with van der Waals surface area (Å²) in [7, 11) is 2.15. The monoisotopic (exact) mass is 225 g/mol. The fourth-order valence-electron chi connectivity index (χ4n) is 1.57. The molecule has 0 saturated heterocycles. The van der Waals surface area contributed by atoms with E-state index in [4.69, 9.17) is 0 Å². The van der Waals surface area contributed by atoms with Crippen LogP contribution in [0.25, 0.3) is 0 Å². The number of nitrogens with zero attached hydrogens (tertiary/aromatic N) is 2. The van der Waals surface area contributed by atoms with Gasteiger partial charge in [0.1, 0.15) is 0 Å². The maximum absolute atomic E-state index is 4.45. The van der Waals surface area contributed by atoms with Gasteiger partial charge in [0.25, 0.3) is 0 Å². The maximum Gasteiger partial charge on any atom is 0.185 e. The summed E-state index contributed by atoms with van der Waals surface area (Å²) in [6, 6.07) is 0. The van der Waals surface area contributed by atoms with Gasteiger partial charge in [0.15, 0.2) is 5.13 Å². The molecule has 2 rings (SSSR count). The number of hydrogen-bond acceptors (Lipinski definition) is 4. The van der Waals surface area contributed by atoms with Crippen LogP contribution >= 0.6 is 11.3 Å². The fourth-order valence-corrected chi connectivity index (χ4v) is 2.42. The molecule has 0 aromatic carbocycles. The van der Waals surface area contributed by atoms with E-state index in [1.54, 1.807) is 11.3 Å². The van der Waals surface area contributed by atoms with Crippen molar-refractivity contribution in [3.05, 3.63) is 11.1 Å². The van der Waals surface area contributed by atoms with Crippen LogP contribution in [0.15, 0.2) is 6.20 Å². The van der Waals surface area contributed by atoms with Crippen molar-refractivity contribution in [2.24, 2.45) is 5.92 Å². The van der Waals surface area contributed by atoms with Crippen molar-refractivity contribution in [1.82, 2.24) is 10.3 Å². The predicted molar refractivity (Wildman–Crippen MR) is 65.5 cm³/mol. The molecule has 1 N–H and O–H groups in total. The van der Waals surface area contributed by atoms with E-state index in [0.717, 1.165) is 24.1 Å². The normalized spacial score (nSPS) is 15.6. The zero-order valence-corrected chi connectivity index (χ0v) is 10.3. The minimum Gasteiger partial charge on any atom is -0.351 e. The van der Waals surface area contributed by atoms with Crippen molar-refractivity contribution in [3.8, 4) is 0 Å². The molecule has 0 bridgehead atoms. The minimum absolute atomic E-state index is 0.927. The lowest BCUT2D eigenvalue weighted by molar-refractivity contribution is 0.734. The Morgan fingerprint density at radius 3 is 3.07 bits per heavy atom. The highest BCUT2D eigenvalue weighted by Crippen LogP contribution is 2.31. The molecular weight excluding hydrogens is 206 g/mol. The second-order valence-electron chi connectivity index (χ2n) is 4.21. The zero-order chi connectivity index (χ0) is 10.7. The molecule has 1 fully saturated rings. The van der Waals surface area contributed by atoms with Gasteiger partial charge in [-0.2, -0.15) is 0 Å². The molecule has 1 saturated carbocycles. The Bertz CT molecular complexity index is 307. The third kappa shape index (κ3) is 3.18. The van der Waals surface area contributed by atoms with Crippen molar-refractivity contribution >= 4 is 16.5 Å². The Kier molecular flexibility index (Phi) is 3.59. The van der Waals surface area contributed by atoms with Gasteiger partial charge in [0.2, 0.25) is 0 Å². The number of hydrogen-bond donors (Lipinski definition) is 1. The standard InChI is InChI=1S/C11H19N3S/c1-3-12-6-10-7-13-11(15-10)14(2)8-9-4-5-9/h7,9,12H,3-6,8H2,1-2H3. The Morgan fingerprint density at radius 1 is 1.60 bits per heavy atom. The van der Waals surface area contributed by atoms with Gasteiger partial charge in [-0.05, 0) is 25.3 Å². The van der Waals surface area contributed by atoms with Gasteiger partial charge in [-0.15, -0.1) is 11.3 Å². The lowest BCUT2D eigenvalue weighted by atomic mass is 10.4. The van der Waals surface area contributed by atoms with E-state index < -0.39 is 0 Å². The van der Waals surface area contributed by atoms with Crippen molar-refractivity contribution in [2.45, 2.75) is 26.3 Å². The third-order valence-electron chi connectivity index (χ3n) is 2.65. The third-order valence-corrected chi connectivity index (χ3v) is 3.76. The lowest BCUT2D eigenvalue weighted by Crippen LogP contribution is -2.19. The summed E-state index contributed by atoms with van der Waals surface area (Å²) >= 11 is 1.80. The molecule has 84 valence electrons. The summed E-state index contributed by atoms with van der Waals surface area (Å²) in [6.07, 6.45) is 4.80. The first-order valence-electron chi connectivity index (χ1n) is 5.66. The fraction of sp³-hybridized carbons (Fsp3) is 0.727. The van der Waals surface area contributed by atoms with Gasteiger partial charge in [0.05, 0.1) is 0 Å². The average Bonchev–Trinajstić information content (AvgIpc) is 2.92. The highest BCUT2D eigenvalue weighted by molar-refractivity contribution is 7.15. The Hall–Kier alpha value is -0.610. The summed E-state index contributed by atoms with van der Waals surface area (Å²) in [5.74, 6) is 0.927. The van der Waals surface area contributed by atoms with E-state index in [1.807, 2.05) is 6.20 Å². The lowest BCUT2D eigenvalue weighted by Gasteiger charge is -2.14. The van der Waals surface area contributed by atoms with Crippen molar-refractivity contribution < 1.29 is 0 Å². The topological polar surface area (TPSA) is 28.2 Å². The van der Waals surface area contributed by atoms with Crippen LogP contribution in [-0.4, -0.2) is 25.1 Å². The van der Waals surface area contributed by atoms with Gasteiger partial charge >= 0.3 is 0 Å². The van der Waals surface area contributed by atoms with Gasteiger partial charge in [-0.1, -0.05) is 6.92 Å². The molecule has 1 aliphatic rings. The average molecular weight is 225 g/mol. The molecule has 1 aliphatic carbocycles. The van der Waals surface area contributed by atoms with E-state index in [2.05, 4.69) is 29.2 Å². The van der Waals surface area contributed by atoms with Crippen LogP contribution in [0.2, 0.25) is 0 Å². The number of thiazole rings is 1. The Labute approximate surface area is 95.5 Å². The quantitative estimate of drug-likeness (QED) is 0.803. The minimum atomic E-state index is 0.927. The molecule has 0 atom stereocenters. The van der Waals surface area contributed by atoms with E-state index >= 15 is 0 Å². The second kappa shape index (κ2) is 4.94. The van der Waals surface area contributed by atoms with Crippen molar-refractivity contribution in [2.75, 3.05) is 25.0 Å². The first-order valence-corrected chi connectivity index (χ1v) is 6.47. The summed E-state index contributed by atoms with van der Waals surface area (Å²) < 4.78 is 0. The van der Waals surface area contributed by atoms with Crippen LogP contribution in [0.4, 0.5) is 5.13 Å². The van der Waals surface area contributed by atoms with Crippen LogP contribution in [0, 0.1) is 5.92 Å². The molecule has 15 heavy (non-hydrogen) atoms. The van der Waals surface area contributed by atoms with E-state index in [1.165, 1.54) is 24.3 Å². The molecular formula is C11H19N3S. The van der Waals surface area contributed by atoms with Crippen molar-refractivity contribution in [3.63, 3.8) is 0 Å². The Morgan fingerprint density at radius 2 is 2.40 bits per heavy atom. The number of aromatic nitrogens is 1. The molecule has 0 aliphatic heterocycles. The largest absolute Gasteiger partial charge is 0.351 e.